The van der Waals surface area contributed by atoms with Crippen molar-refractivity contribution in [1.29, 1.82) is 0 Å². The van der Waals surface area contributed by atoms with E-state index in [0.29, 0.717) is 33.9 Å². The number of hydrogen-bond acceptors (Lipinski definition) is 8. The zero-order valence-corrected chi connectivity index (χ0v) is 16.8. The standard InChI is InChI=1S/C20H20FN9O/c1-10(28-18-15(22)17(23)26-9-27-18)19-29-14-5-3-4-13(20(31)24-2)16(14)30(19)12-6-11(21)7-25-8-12/h3-10H,22H2,1-2H3,(H,24,31)(H3,23,26,27,28)/t10-/m1/s1. The highest BCUT2D eigenvalue weighted by molar-refractivity contribution is 6.05. The summed E-state index contributed by atoms with van der Waals surface area (Å²) in [5.41, 5.74) is 13.8. The third-order valence-corrected chi connectivity index (χ3v) is 4.78. The van der Waals surface area contributed by atoms with Crippen LogP contribution in [-0.4, -0.2) is 37.5 Å². The molecular weight excluding hydrogens is 401 g/mol. The first-order valence-electron chi connectivity index (χ1n) is 9.37. The first kappa shape index (κ1) is 20.0. The third-order valence-electron chi connectivity index (χ3n) is 4.78. The lowest BCUT2D eigenvalue weighted by Crippen LogP contribution is -2.20. The molecule has 1 amide bonds. The molecule has 10 nitrogen and oxygen atoms in total. The van der Waals surface area contributed by atoms with Crippen LogP contribution in [0.3, 0.4) is 0 Å². The molecule has 0 bridgehead atoms. The van der Waals surface area contributed by atoms with Gasteiger partial charge in [-0.25, -0.2) is 19.3 Å². The highest BCUT2D eigenvalue weighted by Gasteiger charge is 2.23. The molecule has 0 aliphatic rings. The van der Waals surface area contributed by atoms with Gasteiger partial charge in [0.05, 0.1) is 40.7 Å². The number of pyridine rings is 1. The second-order valence-electron chi connectivity index (χ2n) is 6.81. The van der Waals surface area contributed by atoms with Crippen molar-refractivity contribution in [3.8, 4) is 5.69 Å². The number of para-hydroxylation sites is 1. The van der Waals surface area contributed by atoms with Gasteiger partial charge in [-0.2, -0.15) is 0 Å². The molecule has 1 aromatic carbocycles. The van der Waals surface area contributed by atoms with Gasteiger partial charge in [0.2, 0.25) is 0 Å². The summed E-state index contributed by atoms with van der Waals surface area (Å²) < 4.78 is 15.7. The fourth-order valence-corrected chi connectivity index (χ4v) is 3.33. The van der Waals surface area contributed by atoms with Gasteiger partial charge >= 0.3 is 0 Å². The number of carbonyl (C=O) groups is 1. The van der Waals surface area contributed by atoms with E-state index in [4.69, 9.17) is 16.5 Å². The quantitative estimate of drug-likeness (QED) is 0.382. The Bertz CT molecular complexity index is 1290. The van der Waals surface area contributed by atoms with Crippen LogP contribution < -0.4 is 22.1 Å². The van der Waals surface area contributed by atoms with Crippen LogP contribution in [0.25, 0.3) is 16.7 Å². The Morgan fingerprint density at radius 2 is 2.03 bits per heavy atom. The van der Waals surface area contributed by atoms with Crippen LogP contribution in [0.4, 0.5) is 21.7 Å². The van der Waals surface area contributed by atoms with Crippen molar-refractivity contribution < 1.29 is 9.18 Å². The van der Waals surface area contributed by atoms with E-state index >= 15 is 0 Å². The molecule has 3 aromatic heterocycles. The molecule has 0 spiro atoms. The van der Waals surface area contributed by atoms with E-state index < -0.39 is 11.9 Å². The van der Waals surface area contributed by atoms with Crippen molar-refractivity contribution in [2.24, 2.45) is 0 Å². The zero-order valence-electron chi connectivity index (χ0n) is 16.8. The molecule has 31 heavy (non-hydrogen) atoms. The van der Waals surface area contributed by atoms with Gasteiger partial charge in [0, 0.05) is 13.1 Å². The van der Waals surface area contributed by atoms with E-state index in [-0.39, 0.29) is 17.4 Å². The number of imidazole rings is 1. The van der Waals surface area contributed by atoms with Crippen LogP contribution in [0.2, 0.25) is 0 Å². The van der Waals surface area contributed by atoms with Crippen molar-refractivity contribution in [2.75, 3.05) is 23.8 Å². The lowest BCUT2D eigenvalue weighted by atomic mass is 10.1. The number of nitrogens with one attached hydrogen (secondary N) is 2. The summed E-state index contributed by atoms with van der Waals surface area (Å²) in [5, 5.41) is 5.78. The monoisotopic (exact) mass is 421 g/mol. The number of nitrogen functional groups attached to an aromatic ring is 2. The Morgan fingerprint density at radius 1 is 1.23 bits per heavy atom. The number of halogens is 1. The van der Waals surface area contributed by atoms with E-state index in [1.54, 1.807) is 29.8 Å². The number of benzene rings is 1. The van der Waals surface area contributed by atoms with E-state index in [1.807, 2.05) is 6.92 Å². The number of hydrogen-bond donors (Lipinski definition) is 4. The van der Waals surface area contributed by atoms with Gasteiger partial charge in [-0.05, 0) is 19.1 Å². The Morgan fingerprint density at radius 3 is 2.77 bits per heavy atom. The Labute approximate surface area is 176 Å². The van der Waals surface area contributed by atoms with Gasteiger partial charge in [-0.3, -0.25) is 14.3 Å². The number of rotatable bonds is 5. The zero-order chi connectivity index (χ0) is 22.1. The summed E-state index contributed by atoms with van der Waals surface area (Å²) in [4.78, 5) is 29.2. The third kappa shape index (κ3) is 3.56. The summed E-state index contributed by atoms with van der Waals surface area (Å²) in [6, 6.07) is 6.06. The topological polar surface area (TPSA) is 150 Å². The Kier molecular flexibility index (Phi) is 5.07. The van der Waals surface area contributed by atoms with Crippen LogP contribution in [0.15, 0.2) is 43.0 Å². The average Bonchev–Trinajstić information content (AvgIpc) is 3.16. The molecule has 0 radical (unpaired) electrons. The highest BCUT2D eigenvalue weighted by atomic mass is 19.1. The van der Waals surface area contributed by atoms with Gasteiger partial charge in [0.15, 0.2) is 11.6 Å². The van der Waals surface area contributed by atoms with Crippen LogP contribution in [0.1, 0.15) is 29.1 Å². The summed E-state index contributed by atoms with van der Waals surface area (Å²) in [7, 11) is 1.54. The fourth-order valence-electron chi connectivity index (χ4n) is 3.33. The van der Waals surface area contributed by atoms with Crippen molar-refractivity contribution in [1.82, 2.24) is 29.8 Å². The maximum absolute atomic E-state index is 14.0. The molecule has 158 valence electrons. The van der Waals surface area contributed by atoms with E-state index in [0.717, 1.165) is 6.20 Å². The van der Waals surface area contributed by atoms with Crippen LogP contribution in [0.5, 0.6) is 0 Å². The molecule has 4 rings (SSSR count). The maximum Gasteiger partial charge on any atom is 0.253 e. The fraction of sp³-hybridized carbons (Fsp3) is 0.150. The predicted molar refractivity (Wildman–Crippen MR) is 115 cm³/mol. The smallest absolute Gasteiger partial charge is 0.253 e. The molecule has 6 N–H and O–H groups in total. The number of carbonyl (C=O) groups excluding carboxylic acids is 1. The minimum atomic E-state index is -0.517. The average molecular weight is 421 g/mol. The van der Waals surface area contributed by atoms with Crippen LogP contribution in [-0.2, 0) is 0 Å². The number of nitrogens with zero attached hydrogens (tertiary/aromatic N) is 5. The molecule has 0 aliphatic carbocycles. The number of amides is 1. The summed E-state index contributed by atoms with van der Waals surface area (Å²) in [6.07, 6.45) is 3.90. The molecule has 0 fully saturated rings. The molecular formula is C20H20FN9O. The van der Waals surface area contributed by atoms with Gasteiger partial charge in [-0.15, -0.1) is 0 Å². The molecule has 4 aromatic rings. The van der Waals surface area contributed by atoms with Gasteiger partial charge < -0.3 is 22.1 Å². The van der Waals surface area contributed by atoms with Gasteiger partial charge in [0.1, 0.15) is 23.7 Å². The SMILES string of the molecule is CNC(=O)c1cccc2nc([C@@H](C)Nc3ncnc(N)c3N)n(-c3cncc(F)c3)c12. The normalized spacial score (nSPS) is 12.0. The number of nitrogens with two attached hydrogens (primary N) is 2. The summed E-state index contributed by atoms with van der Waals surface area (Å²) in [6.45, 7) is 1.84. The summed E-state index contributed by atoms with van der Waals surface area (Å²) >= 11 is 0. The predicted octanol–water partition coefficient (Wildman–Crippen LogP) is 2.05. The summed E-state index contributed by atoms with van der Waals surface area (Å²) in [5.74, 6) is 0.166. The molecule has 0 aliphatic heterocycles. The van der Waals surface area contributed by atoms with Crippen LogP contribution in [0, 0.1) is 5.82 Å². The first-order chi connectivity index (χ1) is 14.9. The van der Waals surface area contributed by atoms with Crippen molar-refractivity contribution >= 4 is 34.3 Å². The molecule has 0 saturated heterocycles. The highest BCUT2D eigenvalue weighted by Crippen LogP contribution is 2.30. The minimum absolute atomic E-state index is 0.148. The number of anilines is 3. The van der Waals surface area contributed by atoms with E-state index in [1.165, 1.54) is 18.6 Å². The second kappa shape index (κ2) is 7.86. The number of fused-ring (bicyclic) bond motifs is 1. The first-order valence-corrected chi connectivity index (χ1v) is 9.37. The molecule has 11 heteroatoms. The number of aromatic nitrogens is 5. The lowest BCUT2D eigenvalue weighted by Gasteiger charge is -2.18. The maximum atomic E-state index is 14.0. The van der Waals surface area contributed by atoms with Crippen molar-refractivity contribution in [3.63, 3.8) is 0 Å². The molecule has 0 unspecified atom stereocenters. The van der Waals surface area contributed by atoms with Gasteiger partial charge in [0.25, 0.3) is 5.91 Å². The largest absolute Gasteiger partial charge is 0.393 e. The van der Waals surface area contributed by atoms with Crippen molar-refractivity contribution in [2.45, 2.75) is 13.0 Å². The lowest BCUT2D eigenvalue weighted by molar-refractivity contribution is 0.0964. The minimum Gasteiger partial charge on any atom is -0.393 e. The Balaban J connectivity index is 1.93. The van der Waals surface area contributed by atoms with E-state index in [2.05, 4.69) is 25.6 Å². The molecule has 0 saturated carbocycles. The Hall–Kier alpha value is -4.28. The molecule has 1 atom stereocenters. The van der Waals surface area contributed by atoms with E-state index in [9.17, 15) is 9.18 Å². The molecule has 3 heterocycles. The van der Waals surface area contributed by atoms with Crippen molar-refractivity contribution in [3.05, 3.63) is 60.2 Å². The second-order valence-corrected chi connectivity index (χ2v) is 6.81. The van der Waals surface area contributed by atoms with Crippen LogP contribution >= 0.6 is 0 Å². The van der Waals surface area contributed by atoms with Gasteiger partial charge in [-0.1, -0.05) is 6.07 Å².